The lowest BCUT2D eigenvalue weighted by Gasteiger charge is -2.36. The number of likely N-dealkylation sites (N-methyl/N-ethyl adjacent to an activating group) is 1. The Bertz CT molecular complexity index is 247. The molecule has 112 valence electrons. The van der Waals surface area contributed by atoms with Crippen LogP contribution in [0.5, 0.6) is 0 Å². The molecule has 0 bridgehead atoms. The summed E-state index contributed by atoms with van der Waals surface area (Å²) in [5.74, 6) is 0.770. The second kappa shape index (κ2) is 7.58. The topological polar surface area (TPSA) is 24.9 Å². The first kappa shape index (κ1) is 15.2. The first-order valence-corrected chi connectivity index (χ1v) is 7.77. The zero-order valence-electron chi connectivity index (χ0n) is 12.8. The summed E-state index contributed by atoms with van der Waals surface area (Å²) in [6.45, 7) is 11.9. The quantitative estimate of drug-likeness (QED) is 0.654. The Hall–Kier alpha value is -0.160. The molecule has 0 aromatic rings. The van der Waals surface area contributed by atoms with Crippen molar-refractivity contribution in [3.63, 3.8) is 0 Å². The van der Waals surface area contributed by atoms with Gasteiger partial charge in [-0.05, 0) is 25.8 Å². The van der Waals surface area contributed by atoms with Crippen LogP contribution in [-0.2, 0) is 9.47 Å². The molecule has 2 fully saturated rings. The van der Waals surface area contributed by atoms with Crippen LogP contribution in [0.3, 0.4) is 0 Å². The second-order valence-corrected chi connectivity index (χ2v) is 6.48. The van der Waals surface area contributed by atoms with E-state index in [2.05, 4.69) is 30.7 Å². The van der Waals surface area contributed by atoms with Gasteiger partial charge in [-0.15, -0.1) is 0 Å². The van der Waals surface area contributed by atoms with Crippen molar-refractivity contribution in [2.24, 2.45) is 5.92 Å². The summed E-state index contributed by atoms with van der Waals surface area (Å²) in [5.41, 5.74) is 0. The highest BCUT2D eigenvalue weighted by Gasteiger charge is 2.24. The minimum atomic E-state index is 0.446. The van der Waals surface area contributed by atoms with Gasteiger partial charge in [-0.25, -0.2) is 0 Å². The fourth-order valence-corrected chi connectivity index (χ4v) is 2.95. The maximum atomic E-state index is 5.92. The van der Waals surface area contributed by atoms with Crippen LogP contribution in [0.1, 0.15) is 26.7 Å². The van der Waals surface area contributed by atoms with Gasteiger partial charge < -0.3 is 19.3 Å². The Morgan fingerprint density at radius 1 is 1.00 bits per heavy atom. The normalized spacial score (nSPS) is 24.0. The molecular formula is C15H30N2O2. The summed E-state index contributed by atoms with van der Waals surface area (Å²) in [6.07, 6.45) is 3.26. The number of hydrogen-bond acceptors (Lipinski definition) is 4. The van der Waals surface area contributed by atoms with Gasteiger partial charge in [0.15, 0.2) is 0 Å². The summed E-state index contributed by atoms with van der Waals surface area (Å²) in [6, 6.07) is 0. The molecule has 0 spiro atoms. The van der Waals surface area contributed by atoms with E-state index in [1.165, 1.54) is 32.5 Å². The third kappa shape index (κ3) is 5.38. The molecule has 0 amide bonds. The van der Waals surface area contributed by atoms with Gasteiger partial charge in [0, 0.05) is 32.7 Å². The monoisotopic (exact) mass is 270 g/mol. The van der Waals surface area contributed by atoms with Crippen molar-refractivity contribution in [2.75, 3.05) is 53.0 Å². The Labute approximate surface area is 118 Å². The van der Waals surface area contributed by atoms with Gasteiger partial charge in [-0.1, -0.05) is 13.8 Å². The predicted octanol–water partition coefficient (Wildman–Crippen LogP) is 1.45. The van der Waals surface area contributed by atoms with E-state index >= 15 is 0 Å². The van der Waals surface area contributed by atoms with Gasteiger partial charge in [-0.3, -0.25) is 0 Å². The predicted molar refractivity (Wildman–Crippen MR) is 77.5 cm³/mol. The lowest BCUT2D eigenvalue weighted by atomic mass is 10.1. The van der Waals surface area contributed by atoms with Crippen LogP contribution in [-0.4, -0.2) is 75.0 Å². The Kier molecular flexibility index (Phi) is 6.07. The lowest BCUT2D eigenvalue weighted by molar-refractivity contribution is -0.0784. The van der Waals surface area contributed by atoms with Crippen molar-refractivity contribution >= 4 is 0 Å². The first-order chi connectivity index (χ1) is 9.13. The number of piperidine rings is 1. The number of ether oxygens (including phenoxy) is 2. The minimum Gasteiger partial charge on any atom is -0.376 e. The molecule has 2 rings (SSSR count). The minimum absolute atomic E-state index is 0.446. The third-order valence-electron chi connectivity index (χ3n) is 3.98. The van der Waals surface area contributed by atoms with E-state index in [4.69, 9.17) is 9.47 Å². The molecular weight excluding hydrogens is 240 g/mol. The van der Waals surface area contributed by atoms with E-state index in [1.54, 1.807) is 0 Å². The zero-order valence-corrected chi connectivity index (χ0v) is 12.8. The number of likely N-dealkylation sites (tertiary alicyclic amines) is 2. The maximum absolute atomic E-state index is 5.92. The van der Waals surface area contributed by atoms with Crippen molar-refractivity contribution in [2.45, 2.75) is 38.9 Å². The van der Waals surface area contributed by atoms with E-state index in [-0.39, 0.29) is 0 Å². The molecule has 0 aliphatic carbocycles. The summed E-state index contributed by atoms with van der Waals surface area (Å²) >= 11 is 0. The molecule has 0 N–H and O–H groups in total. The molecule has 19 heavy (non-hydrogen) atoms. The molecule has 0 atom stereocenters. The molecule has 0 aromatic carbocycles. The second-order valence-electron chi connectivity index (χ2n) is 6.48. The van der Waals surface area contributed by atoms with Gasteiger partial charge in [0.1, 0.15) is 0 Å². The van der Waals surface area contributed by atoms with Crippen LogP contribution >= 0.6 is 0 Å². The highest BCUT2D eigenvalue weighted by Crippen LogP contribution is 2.15. The standard InChI is InChI=1S/C15H30N2O2/c1-13(2)10-17-6-4-14(5-7-17)18-8-9-19-15-11-16(3)12-15/h13-15H,4-12H2,1-3H3. The van der Waals surface area contributed by atoms with Crippen LogP contribution < -0.4 is 0 Å². The van der Waals surface area contributed by atoms with Crippen LogP contribution in [0.15, 0.2) is 0 Å². The highest BCUT2D eigenvalue weighted by molar-refractivity contribution is 4.77. The molecule has 0 aromatic heterocycles. The molecule has 2 heterocycles. The van der Waals surface area contributed by atoms with E-state index in [1.807, 2.05) is 0 Å². The Morgan fingerprint density at radius 3 is 2.11 bits per heavy atom. The molecule has 2 aliphatic rings. The summed E-state index contributed by atoms with van der Waals surface area (Å²) in [7, 11) is 2.13. The van der Waals surface area contributed by atoms with Crippen LogP contribution in [0.25, 0.3) is 0 Å². The molecule has 0 saturated carbocycles. The van der Waals surface area contributed by atoms with Gasteiger partial charge in [0.05, 0.1) is 25.4 Å². The SMILES string of the molecule is CC(C)CN1CCC(OCCOC2CN(C)C2)CC1. The summed E-state index contributed by atoms with van der Waals surface area (Å²) in [4.78, 5) is 4.83. The van der Waals surface area contributed by atoms with Crippen molar-refractivity contribution in [3.8, 4) is 0 Å². The average Bonchev–Trinajstić information content (AvgIpc) is 2.33. The van der Waals surface area contributed by atoms with E-state index in [9.17, 15) is 0 Å². The number of nitrogens with zero attached hydrogens (tertiary/aromatic N) is 2. The van der Waals surface area contributed by atoms with Crippen LogP contribution in [0, 0.1) is 5.92 Å². The fourth-order valence-electron chi connectivity index (χ4n) is 2.95. The number of rotatable bonds is 7. The van der Waals surface area contributed by atoms with Crippen molar-refractivity contribution in [1.82, 2.24) is 9.80 Å². The summed E-state index contributed by atoms with van der Waals surface area (Å²) < 4.78 is 11.7. The Balaban J connectivity index is 1.46. The smallest absolute Gasteiger partial charge is 0.0829 e. The van der Waals surface area contributed by atoms with Gasteiger partial charge >= 0.3 is 0 Å². The largest absolute Gasteiger partial charge is 0.376 e. The van der Waals surface area contributed by atoms with Crippen molar-refractivity contribution in [3.05, 3.63) is 0 Å². The molecule has 4 heteroatoms. The van der Waals surface area contributed by atoms with Crippen molar-refractivity contribution in [1.29, 1.82) is 0 Å². The van der Waals surface area contributed by atoms with Crippen molar-refractivity contribution < 1.29 is 9.47 Å². The zero-order chi connectivity index (χ0) is 13.7. The first-order valence-electron chi connectivity index (χ1n) is 7.77. The maximum Gasteiger partial charge on any atom is 0.0829 e. The molecule has 4 nitrogen and oxygen atoms in total. The highest BCUT2D eigenvalue weighted by atomic mass is 16.5. The molecule has 0 unspecified atom stereocenters. The third-order valence-corrected chi connectivity index (χ3v) is 3.98. The molecule has 0 radical (unpaired) electrons. The van der Waals surface area contributed by atoms with E-state index < -0.39 is 0 Å². The fraction of sp³-hybridized carbons (Fsp3) is 1.00. The average molecular weight is 270 g/mol. The summed E-state index contributed by atoms with van der Waals surface area (Å²) in [5, 5.41) is 0. The lowest BCUT2D eigenvalue weighted by Crippen LogP contribution is -2.50. The van der Waals surface area contributed by atoms with Gasteiger partial charge in [-0.2, -0.15) is 0 Å². The van der Waals surface area contributed by atoms with Crippen LogP contribution in [0.2, 0.25) is 0 Å². The van der Waals surface area contributed by atoms with Gasteiger partial charge in [0.2, 0.25) is 0 Å². The molecule has 2 saturated heterocycles. The van der Waals surface area contributed by atoms with Gasteiger partial charge in [0.25, 0.3) is 0 Å². The van der Waals surface area contributed by atoms with E-state index in [0.717, 1.165) is 32.2 Å². The van der Waals surface area contributed by atoms with E-state index in [0.29, 0.717) is 12.2 Å². The molecule has 2 aliphatic heterocycles. The van der Waals surface area contributed by atoms with Crippen LogP contribution in [0.4, 0.5) is 0 Å². The Morgan fingerprint density at radius 2 is 1.58 bits per heavy atom. The number of hydrogen-bond donors (Lipinski definition) is 0.